The minimum absolute atomic E-state index is 0.0947. The van der Waals surface area contributed by atoms with Gasteiger partial charge >= 0.3 is 0 Å². The molecule has 0 radical (unpaired) electrons. The van der Waals surface area contributed by atoms with Crippen molar-refractivity contribution >= 4 is 0 Å². The maximum atomic E-state index is 6.01. The summed E-state index contributed by atoms with van der Waals surface area (Å²) in [5.74, 6) is 2.90. The standard InChI is InChI=1S/C15H27N3O/c1-3-5-11-7-9-12(10-8-11)14-17-15(19-18-14)13(16)6-4-2/h11-13H,3-10,16H2,1-2H3/t11?,12?,13-/m0/s1. The normalized spacial score (nSPS) is 25.4. The number of rotatable bonds is 6. The average Bonchev–Trinajstić information content (AvgIpc) is 2.90. The van der Waals surface area contributed by atoms with Gasteiger partial charge in [0.05, 0.1) is 6.04 Å². The minimum atomic E-state index is -0.0947. The molecular formula is C15H27N3O. The highest BCUT2D eigenvalue weighted by molar-refractivity contribution is 4.99. The molecule has 0 aliphatic heterocycles. The van der Waals surface area contributed by atoms with Crippen LogP contribution in [0.4, 0.5) is 0 Å². The van der Waals surface area contributed by atoms with E-state index in [9.17, 15) is 0 Å². The Balaban J connectivity index is 1.89. The maximum Gasteiger partial charge on any atom is 0.243 e. The zero-order valence-electron chi connectivity index (χ0n) is 12.3. The van der Waals surface area contributed by atoms with E-state index in [1.165, 1.54) is 38.5 Å². The van der Waals surface area contributed by atoms with Crippen molar-refractivity contribution in [3.8, 4) is 0 Å². The zero-order chi connectivity index (χ0) is 13.7. The summed E-state index contributed by atoms with van der Waals surface area (Å²) in [6, 6.07) is -0.0947. The van der Waals surface area contributed by atoms with Gasteiger partial charge in [0, 0.05) is 5.92 Å². The van der Waals surface area contributed by atoms with Crippen LogP contribution in [0.15, 0.2) is 4.52 Å². The Kier molecular flexibility index (Phi) is 5.37. The highest BCUT2D eigenvalue weighted by Crippen LogP contribution is 2.36. The number of nitrogens with zero attached hydrogens (tertiary/aromatic N) is 2. The second-order valence-electron chi connectivity index (χ2n) is 5.89. The van der Waals surface area contributed by atoms with Crippen molar-refractivity contribution in [3.05, 3.63) is 11.7 Å². The van der Waals surface area contributed by atoms with Crippen molar-refractivity contribution in [2.45, 2.75) is 77.2 Å². The molecule has 0 amide bonds. The Bertz CT molecular complexity index is 369. The molecule has 4 heteroatoms. The molecule has 0 bridgehead atoms. The van der Waals surface area contributed by atoms with E-state index in [1.807, 2.05) is 0 Å². The maximum absolute atomic E-state index is 6.01. The van der Waals surface area contributed by atoms with Gasteiger partial charge in [-0.15, -0.1) is 0 Å². The van der Waals surface area contributed by atoms with Crippen LogP contribution in [-0.2, 0) is 0 Å². The molecule has 0 saturated heterocycles. The second kappa shape index (κ2) is 7.04. The first-order valence-corrected chi connectivity index (χ1v) is 7.83. The predicted molar refractivity (Wildman–Crippen MR) is 75.7 cm³/mol. The van der Waals surface area contributed by atoms with Gasteiger partial charge in [0.1, 0.15) is 0 Å². The van der Waals surface area contributed by atoms with Gasteiger partial charge in [-0.1, -0.05) is 38.3 Å². The number of nitrogens with two attached hydrogens (primary N) is 1. The van der Waals surface area contributed by atoms with Crippen LogP contribution >= 0.6 is 0 Å². The molecule has 1 heterocycles. The molecule has 4 nitrogen and oxygen atoms in total. The molecule has 1 aliphatic carbocycles. The molecule has 0 unspecified atom stereocenters. The summed E-state index contributed by atoms with van der Waals surface area (Å²) >= 11 is 0. The first-order chi connectivity index (χ1) is 9.24. The Labute approximate surface area is 116 Å². The lowest BCUT2D eigenvalue weighted by Crippen LogP contribution is -2.15. The summed E-state index contributed by atoms with van der Waals surface area (Å²) in [6.07, 6.45) is 9.64. The number of aromatic nitrogens is 2. The van der Waals surface area contributed by atoms with Crippen molar-refractivity contribution < 1.29 is 4.52 Å². The topological polar surface area (TPSA) is 64.9 Å². The Morgan fingerprint density at radius 1 is 1.21 bits per heavy atom. The van der Waals surface area contributed by atoms with Crippen molar-refractivity contribution in [2.75, 3.05) is 0 Å². The van der Waals surface area contributed by atoms with Crippen LogP contribution in [0.2, 0.25) is 0 Å². The van der Waals surface area contributed by atoms with Gasteiger partial charge in [0.2, 0.25) is 5.89 Å². The third-order valence-corrected chi connectivity index (χ3v) is 4.28. The van der Waals surface area contributed by atoms with Crippen LogP contribution in [-0.4, -0.2) is 10.1 Å². The van der Waals surface area contributed by atoms with Crippen molar-refractivity contribution in [1.82, 2.24) is 10.1 Å². The lowest BCUT2D eigenvalue weighted by Gasteiger charge is -2.26. The van der Waals surface area contributed by atoms with E-state index in [2.05, 4.69) is 24.0 Å². The fourth-order valence-corrected chi connectivity index (χ4v) is 3.12. The van der Waals surface area contributed by atoms with Gasteiger partial charge in [0.25, 0.3) is 0 Å². The van der Waals surface area contributed by atoms with Gasteiger partial charge in [-0.05, 0) is 38.0 Å². The summed E-state index contributed by atoms with van der Waals surface area (Å²) in [5.41, 5.74) is 6.01. The monoisotopic (exact) mass is 265 g/mol. The molecule has 0 aromatic carbocycles. The molecule has 1 aromatic rings. The molecule has 2 rings (SSSR count). The largest absolute Gasteiger partial charge is 0.338 e. The van der Waals surface area contributed by atoms with Crippen LogP contribution in [0.25, 0.3) is 0 Å². The molecule has 2 N–H and O–H groups in total. The SMILES string of the molecule is CCCC1CCC(c2noc([C@@H](N)CCC)n2)CC1. The Morgan fingerprint density at radius 2 is 1.95 bits per heavy atom. The number of hydrogen-bond acceptors (Lipinski definition) is 4. The third kappa shape index (κ3) is 3.78. The van der Waals surface area contributed by atoms with Crippen LogP contribution in [0.5, 0.6) is 0 Å². The molecule has 1 fully saturated rings. The Morgan fingerprint density at radius 3 is 2.58 bits per heavy atom. The van der Waals surface area contributed by atoms with Crippen LogP contribution in [0.3, 0.4) is 0 Å². The zero-order valence-corrected chi connectivity index (χ0v) is 12.3. The van der Waals surface area contributed by atoms with Crippen LogP contribution in [0.1, 0.15) is 88.9 Å². The van der Waals surface area contributed by atoms with Gasteiger partial charge < -0.3 is 10.3 Å². The van der Waals surface area contributed by atoms with Gasteiger partial charge in [0.15, 0.2) is 5.82 Å². The van der Waals surface area contributed by atoms with Crippen molar-refractivity contribution in [2.24, 2.45) is 11.7 Å². The van der Waals surface area contributed by atoms with Gasteiger partial charge in [-0.3, -0.25) is 0 Å². The van der Waals surface area contributed by atoms with Crippen LogP contribution < -0.4 is 5.73 Å². The summed E-state index contributed by atoms with van der Waals surface area (Å²) in [7, 11) is 0. The molecule has 108 valence electrons. The third-order valence-electron chi connectivity index (χ3n) is 4.28. The van der Waals surface area contributed by atoms with E-state index >= 15 is 0 Å². The Hall–Kier alpha value is -0.900. The molecular weight excluding hydrogens is 238 g/mol. The molecule has 1 atom stereocenters. The summed E-state index contributed by atoms with van der Waals surface area (Å²) < 4.78 is 5.32. The second-order valence-corrected chi connectivity index (χ2v) is 5.89. The van der Waals surface area contributed by atoms with E-state index in [-0.39, 0.29) is 6.04 Å². The lowest BCUT2D eigenvalue weighted by molar-refractivity contribution is 0.293. The summed E-state index contributed by atoms with van der Waals surface area (Å²) in [4.78, 5) is 4.52. The lowest BCUT2D eigenvalue weighted by atomic mass is 9.80. The fraction of sp³-hybridized carbons (Fsp3) is 0.867. The molecule has 1 aromatic heterocycles. The van der Waals surface area contributed by atoms with Crippen molar-refractivity contribution in [1.29, 1.82) is 0 Å². The first-order valence-electron chi connectivity index (χ1n) is 7.83. The summed E-state index contributed by atoms with van der Waals surface area (Å²) in [5, 5.41) is 4.15. The smallest absolute Gasteiger partial charge is 0.243 e. The highest BCUT2D eigenvalue weighted by Gasteiger charge is 2.26. The van der Waals surface area contributed by atoms with Crippen molar-refractivity contribution in [3.63, 3.8) is 0 Å². The molecule has 1 saturated carbocycles. The highest BCUT2D eigenvalue weighted by atomic mass is 16.5. The molecule has 19 heavy (non-hydrogen) atoms. The van der Waals surface area contributed by atoms with Crippen LogP contribution in [0, 0.1) is 5.92 Å². The van der Waals surface area contributed by atoms with E-state index in [0.717, 1.165) is 24.6 Å². The van der Waals surface area contributed by atoms with Gasteiger partial charge in [-0.25, -0.2) is 0 Å². The summed E-state index contributed by atoms with van der Waals surface area (Å²) in [6.45, 7) is 4.39. The minimum Gasteiger partial charge on any atom is -0.338 e. The van der Waals surface area contributed by atoms with E-state index < -0.39 is 0 Å². The van der Waals surface area contributed by atoms with E-state index in [0.29, 0.717) is 11.8 Å². The average molecular weight is 265 g/mol. The predicted octanol–water partition coefficient (Wildman–Crippen LogP) is 3.94. The molecule has 0 spiro atoms. The quantitative estimate of drug-likeness (QED) is 0.846. The van der Waals surface area contributed by atoms with E-state index in [1.54, 1.807) is 0 Å². The fourth-order valence-electron chi connectivity index (χ4n) is 3.12. The van der Waals surface area contributed by atoms with Gasteiger partial charge in [-0.2, -0.15) is 4.98 Å². The van der Waals surface area contributed by atoms with E-state index in [4.69, 9.17) is 10.3 Å². The number of hydrogen-bond donors (Lipinski definition) is 1. The molecule has 1 aliphatic rings. The first kappa shape index (κ1) is 14.5.